The SMILES string of the molecule is O=C(OC1CCNC1)C(O)(c1ccccc1)C1CCCCC1. The van der Waals surface area contributed by atoms with Crippen LogP contribution in [0.5, 0.6) is 0 Å². The van der Waals surface area contributed by atoms with Crippen LogP contribution < -0.4 is 5.32 Å². The van der Waals surface area contributed by atoms with Crippen molar-refractivity contribution in [1.29, 1.82) is 0 Å². The fraction of sp³-hybridized carbons (Fsp3) is 0.611. The van der Waals surface area contributed by atoms with Gasteiger partial charge in [0.25, 0.3) is 0 Å². The van der Waals surface area contributed by atoms with E-state index in [1.54, 1.807) is 0 Å². The molecule has 4 nitrogen and oxygen atoms in total. The Morgan fingerprint density at radius 3 is 2.50 bits per heavy atom. The zero-order chi connectivity index (χ0) is 15.4. The van der Waals surface area contributed by atoms with Crippen LogP contribution in [0.4, 0.5) is 0 Å². The van der Waals surface area contributed by atoms with Crippen LogP contribution >= 0.6 is 0 Å². The number of hydrogen-bond acceptors (Lipinski definition) is 4. The molecule has 1 aliphatic heterocycles. The minimum Gasteiger partial charge on any atom is -0.459 e. The highest BCUT2D eigenvalue weighted by atomic mass is 16.6. The maximum atomic E-state index is 12.8. The van der Waals surface area contributed by atoms with Gasteiger partial charge >= 0.3 is 5.97 Å². The molecule has 2 N–H and O–H groups in total. The fourth-order valence-electron chi connectivity index (χ4n) is 3.70. The monoisotopic (exact) mass is 303 g/mol. The molecule has 22 heavy (non-hydrogen) atoms. The number of rotatable bonds is 4. The second-order valence-corrected chi connectivity index (χ2v) is 6.49. The van der Waals surface area contributed by atoms with Crippen molar-refractivity contribution in [2.75, 3.05) is 13.1 Å². The normalized spacial score (nSPS) is 25.6. The van der Waals surface area contributed by atoms with E-state index in [0.29, 0.717) is 12.1 Å². The molecule has 1 heterocycles. The molecule has 0 aromatic heterocycles. The van der Waals surface area contributed by atoms with Crippen LogP contribution in [0, 0.1) is 5.92 Å². The summed E-state index contributed by atoms with van der Waals surface area (Å²) < 4.78 is 5.63. The van der Waals surface area contributed by atoms with Gasteiger partial charge in [0, 0.05) is 12.5 Å². The van der Waals surface area contributed by atoms with E-state index in [1.165, 1.54) is 6.42 Å². The molecule has 0 amide bonds. The van der Waals surface area contributed by atoms with Gasteiger partial charge in [-0.05, 0) is 31.4 Å². The molecule has 2 unspecified atom stereocenters. The van der Waals surface area contributed by atoms with Crippen LogP contribution in [0.3, 0.4) is 0 Å². The number of hydrogen-bond donors (Lipinski definition) is 2. The Balaban J connectivity index is 1.85. The number of aliphatic hydroxyl groups is 1. The largest absolute Gasteiger partial charge is 0.459 e. The molecule has 3 rings (SSSR count). The lowest BCUT2D eigenvalue weighted by molar-refractivity contribution is -0.180. The Morgan fingerprint density at radius 2 is 1.86 bits per heavy atom. The smallest absolute Gasteiger partial charge is 0.343 e. The Labute approximate surface area is 131 Å². The topological polar surface area (TPSA) is 58.6 Å². The molecule has 1 saturated carbocycles. The number of carbonyl (C=O) groups is 1. The minimum atomic E-state index is -1.51. The van der Waals surface area contributed by atoms with Gasteiger partial charge in [-0.25, -0.2) is 4.79 Å². The van der Waals surface area contributed by atoms with E-state index in [0.717, 1.165) is 38.6 Å². The van der Waals surface area contributed by atoms with Crippen molar-refractivity contribution in [2.24, 2.45) is 5.92 Å². The average molecular weight is 303 g/mol. The van der Waals surface area contributed by atoms with E-state index in [9.17, 15) is 9.90 Å². The number of carbonyl (C=O) groups excluding carboxylic acids is 1. The van der Waals surface area contributed by atoms with E-state index in [-0.39, 0.29) is 12.0 Å². The van der Waals surface area contributed by atoms with Crippen molar-refractivity contribution in [3.05, 3.63) is 35.9 Å². The van der Waals surface area contributed by atoms with Crippen LogP contribution in [0.25, 0.3) is 0 Å². The van der Waals surface area contributed by atoms with Gasteiger partial charge in [0.2, 0.25) is 0 Å². The predicted octanol–water partition coefficient (Wildman–Crippen LogP) is 2.36. The lowest BCUT2D eigenvalue weighted by Crippen LogP contribution is -2.46. The summed E-state index contributed by atoms with van der Waals surface area (Å²) in [6, 6.07) is 9.31. The van der Waals surface area contributed by atoms with Gasteiger partial charge in [-0.1, -0.05) is 49.6 Å². The van der Waals surface area contributed by atoms with E-state index < -0.39 is 11.6 Å². The predicted molar refractivity (Wildman–Crippen MR) is 84.3 cm³/mol. The number of ether oxygens (including phenoxy) is 1. The Kier molecular flexibility index (Phi) is 4.79. The zero-order valence-corrected chi connectivity index (χ0v) is 13.0. The van der Waals surface area contributed by atoms with Gasteiger partial charge in [-0.3, -0.25) is 0 Å². The van der Waals surface area contributed by atoms with Crippen LogP contribution in [0.1, 0.15) is 44.1 Å². The van der Waals surface area contributed by atoms with E-state index in [4.69, 9.17) is 4.74 Å². The summed E-state index contributed by atoms with van der Waals surface area (Å²) in [4.78, 5) is 12.8. The highest BCUT2D eigenvalue weighted by Gasteiger charge is 2.47. The standard InChI is InChI=1S/C18H25NO3/c20-17(22-16-11-12-19-13-16)18(21,14-7-3-1-4-8-14)15-9-5-2-6-10-15/h1,3-4,7-8,15-16,19,21H,2,5-6,9-13H2. The number of esters is 1. The maximum Gasteiger partial charge on any atom is 0.343 e. The quantitative estimate of drug-likeness (QED) is 0.838. The summed E-state index contributed by atoms with van der Waals surface area (Å²) in [6.45, 7) is 1.55. The van der Waals surface area contributed by atoms with E-state index >= 15 is 0 Å². The summed E-state index contributed by atoms with van der Waals surface area (Å²) in [6.07, 6.45) is 5.78. The molecule has 1 saturated heterocycles. The first-order valence-corrected chi connectivity index (χ1v) is 8.41. The molecule has 0 radical (unpaired) electrons. The van der Waals surface area contributed by atoms with E-state index in [1.807, 2.05) is 30.3 Å². The maximum absolute atomic E-state index is 12.8. The van der Waals surface area contributed by atoms with E-state index in [2.05, 4.69) is 5.32 Å². The third kappa shape index (κ3) is 3.03. The highest BCUT2D eigenvalue weighted by Crippen LogP contribution is 2.40. The lowest BCUT2D eigenvalue weighted by atomic mass is 9.73. The second kappa shape index (κ2) is 6.80. The number of benzene rings is 1. The highest BCUT2D eigenvalue weighted by molar-refractivity contribution is 5.81. The van der Waals surface area contributed by atoms with Gasteiger partial charge in [-0.2, -0.15) is 0 Å². The van der Waals surface area contributed by atoms with Crippen molar-refractivity contribution < 1.29 is 14.6 Å². The fourth-order valence-corrected chi connectivity index (χ4v) is 3.70. The van der Waals surface area contributed by atoms with Gasteiger partial charge in [0.15, 0.2) is 5.60 Å². The second-order valence-electron chi connectivity index (χ2n) is 6.49. The summed E-state index contributed by atoms with van der Waals surface area (Å²) in [5.74, 6) is -0.523. The molecule has 1 aromatic carbocycles. The van der Waals surface area contributed by atoms with Gasteiger partial charge < -0.3 is 15.2 Å². The van der Waals surface area contributed by atoms with Crippen LogP contribution in [0.2, 0.25) is 0 Å². The molecule has 0 bridgehead atoms. The van der Waals surface area contributed by atoms with Crippen molar-refractivity contribution in [2.45, 2.75) is 50.2 Å². The first-order chi connectivity index (χ1) is 10.7. The summed E-state index contributed by atoms with van der Waals surface area (Å²) in [5.41, 5.74) is -0.845. The third-order valence-electron chi connectivity index (χ3n) is 5.01. The van der Waals surface area contributed by atoms with Gasteiger partial charge in [-0.15, -0.1) is 0 Å². The molecule has 1 aliphatic carbocycles. The van der Waals surface area contributed by atoms with Crippen LogP contribution in [-0.4, -0.2) is 30.3 Å². The molecular formula is C18H25NO3. The zero-order valence-electron chi connectivity index (χ0n) is 13.0. The Morgan fingerprint density at radius 1 is 1.14 bits per heavy atom. The molecule has 120 valence electrons. The minimum absolute atomic E-state index is 0.0505. The third-order valence-corrected chi connectivity index (χ3v) is 5.01. The van der Waals surface area contributed by atoms with Crippen molar-refractivity contribution in [1.82, 2.24) is 5.32 Å². The molecule has 0 spiro atoms. The Hall–Kier alpha value is -1.39. The average Bonchev–Trinajstić information content (AvgIpc) is 3.08. The first-order valence-electron chi connectivity index (χ1n) is 8.41. The summed E-state index contributed by atoms with van der Waals surface area (Å²) >= 11 is 0. The van der Waals surface area contributed by atoms with Crippen molar-refractivity contribution >= 4 is 5.97 Å². The van der Waals surface area contributed by atoms with Crippen LogP contribution in [0.15, 0.2) is 30.3 Å². The molecule has 2 aliphatic rings. The molecule has 4 heteroatoms. The molecular weight excluding hydrogens is 278 g/mol. The molecule has 2 atom stereocenters. The summed E-state index contributed by atoms with van der Waals surface area (Å²) in [5, 5.41) is 14.5. The molecule has 1 aromatic rings. The lowest BCUT2D eigenvalue weighted by Gasteiger charge is -2.37. The van der Waals surface area contributed by atoms with Gasteiger partial charge in [0.1, 0.15) is 6.10 Å². The van der Waals surface area contributed by atoms with Crippen molar-refractivity contribution in [3.63, 3.8) is 0 Å². The van der Waals surface area contributed by atoms with Gasteiger partial charge in [0.05, 0.1) is 0 Å². The molecule has 2 fully saturated rings. The Bertz CT molecular complexity index is 492. The number of nitrogens with one attached hydrogen (secondary N) is 1. The summed E-state index contributed by atoms with van der Waals surface area (Å²) in [7, 11) is 0. The van der Waals surface area contributed by atoms with Crippen molar-refractivity contribution in [3.8, 4) is 0 Å². The first kappa shape index (κ1) is 15.5. The van der Waals surface area contributed by atoms with Crippen LogP contribution in [-0.2, 0) is 15.1 Å².